The minimum Gasteiger partial charge on any atom is -0.252 e. The third-order valence-electron chi connectivity index (χ3n) is 2.58. The smallest absolute Gasteiger partial charge is 0.0774 e. The number of pyridine rings is 1. The summed E-state index contributed by atoms with van der Waals surface area (Å²) >= 11 is 0. The first kappa shape index (κ1) is 11.3. The van der Waals surface area contributed by atoms with Crippen LogP contribution in [-0.2, 0) is 6.42 Å². The van der Waals surface area contributed by atoms with Gasteiger partial charge in [-0.1, -0.05) is 23.3 Å². The van der Waals surface area contributed by atoms with Gasteiger partial charge >= 0.3 is 0 Å². The van der Waals surface area contributed by atoms with E-state index in [4.69, 9.17) is 5.26 Å². The summed E-state index contributed by atoms with van der Waals surface area (Å²) in [5.41, 5.74) is 5.33. The molecule has 1 aromatic carbocycles. The van der Waals surface area contributed by atoms with E-state index in [0.717, 1.165) is 17.0 Å². The predicted molar refractivity (Wildman–Crippen MR) is 68.5 cm³/mol. The van der Waals surface area contributed by atoms with E-state index in [1.165, 1.54) is 11.1 Å². The van der Waals surface area contributed by atoms with Gasteiger partial charge in [0.05, 0.1) is 23.9 Å². The SMILES string of the molecule is Cc1cc(C)cc(-c2cccc(CC#N)n2)c1. The summed E-state index contributed by atoms with van der Waals surface area (Å²) in [6, 6.07) is 14.3. The molecule has 0 radical (unpaired) electrons. The molecule has 0 aliphatic heterocycles. The second-order valence-corrected chi connectivity index (χ2v) is 4.23. The zero-order valence-electron chi connectivity index (χ0n) is 10.1. The lowest BCUT2D eigenvalue weighted by molar-refractivity contribution is 1.12. The molecule has 0 amide bonds. The number of aryl methyl sites for hydroxylation is 2. The van der Waals surface area contributed by atoms with Crippen LogP contribution in [0.3, 0.4) is 0 Å². The van der Waals surface area contributed by atoms with E-state index in [2.05, 4.69) is 43.1 Å². The molecule has 2 heteroatoms. The maximum absolute atomic E-state index is 8.68. The van der Waals surface area contributed by atoms with E-state index in [9.17, 15) is 0 Å². The summed E-state index contributed by atoms with van der Waals surface area (Å²) in [6.07, 6.45) is 0.360. The molecule has 0 fully saturated rings. The highest BCUT2D eigenvalue weighted by molar-refractivity contribution is 5.61. The van der Waals surface area contributed by atoms with Gasteiger partial charge in [0.2, 0.25) is 0 Å². The Morgan fingerprint density at radius 2 is 1.82 bits per heavy atom. The third-order valence-corrected chi connectivity index (χ3v) is 2.58. The van der Waals surface area contributed by atoms with Crippen LogP contribution >= 0.6 is 0 Å². The molecule has 2 aromatic rings. The maximum Gasteiger partial charge on any atom is 0.0774 e. The molecule has 84 valence electrons. The highest BCUT2D eigenvalue weighted by atomic mass is 14.7. The summed E-state index contributed by atoms with van der Waals surface area (Å²) in [7, 11) is 0. The van der Waals surface area contributed by atoms with Crippen molar-refractivity contribution < 1.29 is 0 Å². The Kier molecular flexibility index (Phi) is 3.20. The maximum atomic E-state index is 8.68. The molecule has 0 unspecified atom stereocenters. The summed E-state index contributed by atoms with van der Waals surface area (Å²) < 4.78 is 0. The van der Waals surface area contributed by atoms with E-state index in [-0.39, 0.29) is 0 Å². The number of nitriles is 1. The van der Waals surface area contributed by atoms with Gasteiger partial charge in [-0.05, 0) is 38.1 Å². The molecule has 2 nitrogen and oxygen atoms in total. The molecule has 0 bridgehead atoms. The van der Waals surface area contributed by atoms with Crippen LogP contribution in [0.2, 0.25) is 0 Å². The average molecular weight is 222 g/mol. The van der Waals surface area contributed by atoms with Crippen LogP contribution in [-0.4, -0.2) is 4.98 Å². The molecule has 17 heavy (non-hydrogen) atoms. The highest BCUT2D eigenvalue weighted by Crippen LogP contribution is 2.20. The lowest BCUT2D eigenvalue weighted by Gasteiger charge is -2.05. The first-order valence-electron chi connectivity index (χ1n) is 5.60. The van der Waals surface area contributed by atoms with Crippen LogP contribution in [0.5, 0.6) is 0 Å². The molecule has 0 saturated heterocycles. The average Bonchev–Trinajstić information content (AvgIpc) is 2.28. The molecule has 2 rings (SSSR count). The number of benzene rings is 1. The van der Waals surface area contributed by atoms with E-state index < -0.39 is 0 Å². The molecule has 0 N–H and O–H groups in total. The van der Waals surface area contributed by atoms with Gasteiger partial charge in [0.1, 0.15) is 0 Å². The Morgan fingerprint density at radius 3 is 2.47 bits per heavy atom. The fraction of sp³-hybridized carbons (Fsp3) is 0.200. The van der Waals surface area contributed by atoms with Crippen molar-refractivity contribution in [1.82, 2.24) is 4.98 Å². The number of nitrogens with zero attached hydrogens (tertiary/aromatic N) is 2. The molecule has 0 spiro atoms. The predicted octanol–water partition coefficient (Wildman–Crippen LogP) is 3.43. The second kappa shape index (κ2) is 4.80. The standard InChI is InChI=1S/C15H14N2/c1-11-8-12(2)10-13(9-11)15-5-3-4-14(17-15)6-7-16/h3-5,8-10H,6H2,1-2H3. The fourth-order valence-electron chi connectivity index (χ4n) is 1.94. The van der Waals surface area contributed by atoms with Crippen LogP contribution < -0.4 is 0 Å². The number of hydrogen-bond donors (Lipinski definition) is 0. The van der Waals surface area contributed by atoms with Crippen LogP contribution in [0.25, 0.3) is 11.3 Å². The largest absolute Gasteiger partial charge is 0.252 e. The number of rotatable bonds is 2. The van der Waals surface area contributed by atoms with Crippen molar-refractivity contribution in [2.45, 2.75) is 20.3 Å². The summed E-state index contributed by atoms with van der Waals surface area (Å²) in [5, 5.41) is 8.68. The lowest BCUT2D eigenvalue weighted by atomic mass is 10.0. The van der Waals surface area contributed by atoms with Crippen molar-refractivity contribution in [3.63, 3.8) is 0 Å². The van der Waals surface area contributed by atoms with Gasteiger partial charge in [0.25, 0.3) is 0 Å². The van der Waals surface area contributed by atoms with E-state index in [1.807, 2.05) is 18.2 Å². The van der Waals surface area contributed by atoms with Gasteiger partial charge < -0.3 is 0 Å². The fourth-order valence-corrected chi connectivity index (χ4v) is 1.94. The van der Waals surface area contributed by atoms with Gasteiger partial charge in [-0.3, -0.25) is 4.98 Å². The van der Waals surface area contributed by atoms with Crippen LogP contribution in [0.15, 0.2) is 36.4 Å². The van der Waals surface area contributed by atoms with E-state index >= 15 is 0 Å². The lowest BCUT2D eigenvalue weighted by Crippen LogP contribution is -1.91. The van der Waals surface area contributed by atoms with Gasteiger partial charge in [0.15, 0.2) is 0 Å². The first-order chi connectivity index (χ1) is 8.19. The number of hydrogen-bond acceptors (Lipinski definition) is 2. The topological polar surface area (TPSA) is 36.7 Å². The second-order valence-electron chi connectivity index (χ2n) is 4.23. The Morgan fingerprint density at radius 1 is 1.12 bits per heavy atom. The van der Waals surface area contributed by atoms with E-state index in [1.54, 1.807) is 0 Å². The quantitative estimate of drug-likeness (QED) is 0.780. The minimum atomic E-state index is 0.360. The van der Waals surface area contributed by atoms with E-state index in [0.29, 0.717) is 6.42 Å². The van der Waals surface area contributed by atoms with Gasteiger partial charge in [0, 0.05) is 5.56 Å². The third kappa shape index (κ3) is 2.70. The summed E-state index contributed by atoms with van der Waals surface area (Å²) in [5.74, 6) is 0. The van der Waals surface area contributed by atoms with Gasteiger partial charge in [-0.2, -0.15) is 5.26 Å². The summed E-state index contributed by atoms with van der Waals surface area (Å²) in [4.78, 5) is 4.49. The number of aromatic nitrogens is 1. The Balaban J connectivity index is 2.45. The van der Waals surface area contributed by atoms with Crippen LogP contribution in [0.1, 0.15) is 16.8 Å². The molecule has 1 heterocycles. The monoisotopic (exact) mass is 222 g/mol. The van der Waals surface area contributed by atoms with Gasteiger partial charge in [-0.25, -0.2) is 0 Å². The van der Waals surface area contributed by atoms with Crippen molar-refractivity contribution in [2.75, 3.05) is 0 Å². The molecule has 0 saturated carbocycles. The van der Waals surface area contributed by atoms with Crippen molar-refractivity contribution in [3.05, 3.63) is 53.2 Å². The molecule has 0 aliphatic carbocycles. The minimum absolute atomic E-state index is 0.360. The Labute approximate surface area is 102 Å². The zero-order chi connectivity index (χ0) is 12.3. The zero-order valence-corrected chi connectivity index (χ0v) is 10.1. The highest BCUT2D eigenvalue weighted by Gasteiger charge is 2.02. The first-order valence-corrected chi connectivity index (χ1v) is 5.60. The molecule has 1 aromatic heterocycles. The van der Waals surface area contributed by atoms with Gasteiger partial charge in [-0.15, -0.1) is 0 Å². The van der Waals surface area contributed by atoms with Crippen molar-refractivity contribution >= 4 is 0 Å². The summed E-state index contributed by atoms with van der Waals surface area (Å²) in [6.45, 7) is 4.16. The van der Waals surface area contributed by atoms with Crippen LogP contribution in [0.4, 0.5) is 0 Å². The Bertz CT molecular complexity index is 559. The molecule has 0 aliphatic rings. The molecular weight excluding hydrogens is 208 g/mol. The van der Waals surface area contributed by atoms with Crippen LogP contribution in [0, 0.1) is 25.2 Å². The normalized spacial score (nSPS) is 9.94. The van der Waals surface area contributed by atoms with Crippen molar-refractivity contribution in [3.8, 4) is 17.3 Å². The van der Waals surface area contributed by atoms with Crippen molar-refractivity contribution in [1.29, 1.82) is 5.26 Å². The van der Waals surface area contributed by atoms with Crippen molar-refractivity contribution in [2.24, 2.45) is 0 Å². The Hall–Kier alpha value is -2.14. The molecular formula is C15H14N2. The molecule has 0 atom stereocenters.